The molecule has 8 nitrogen and oxygen atoms in total. The highest BCUT2D eigenvalue weighted by atomic mass is 16.2. The Bertz CT molecular complexity index is 1230. The van der Waals surface area contributed by atoms with Crippen LogP contribution in [0.3, 0.4) is 0 Å². The number of pyridine rings is 2. The number of carbonyl (C=O) groups is 1. The molecule has 0 atom stereocenters. The van der Waals surface area contributed by atoms with Gasteiger partial charge in [-0.25, -0.2) is 9.97 Å². The molecule has 0 fully saturated rings. The minimum atomic E-state index is -0.407. The fraction of sp³-hybridized carbons (Fsp3) is 0.238. The van der Waals surface area contributed by atoms with E-state index in [1.807, 2.05) is 28.9 Å². The van der Waals surface area contributed by atoms with E-state index >= 15 is 0 Å². The highest BCUT2D eigenvalue weighted by Gasteiger charge is 2.11. The lowest BCUT2D eigenvalue weighted by Crippen LogP contribution is -2.27. The molecule has 0 radical (unpaired) electrons. The largest absolute Gasteiger partial charge is 0.345 e. The minimum absolute atomic E-state index is 0.0919. The molecule has 0 aromatic carbocycles. The van der Waals surface area contributed by atoms with Crippen LogP contribution >= 0.6 is 0 Å². The summed E-state index contributed by atoms with van der Waals surface area (Å²) in [7, 11) is 0. The molecule has 0 saturated carbocycles. The molecule has 0 aliphatic rings. The Morgan fingerprint density at radius 2 is 1.97 bits per heavy atom. The van der Waals surface area contributed by atoms with E-state index in [2.05, 4.69) is 27.5 Å². The molecule has 0 aliphatic heterocycles. The third-order valence-electron chi connectivity index (χ3n) is 4.55. The number of imidazole rings is 1. The predicted octanol–water partition coefficient (Wildman–Crippen LogP) is 1.77. The fourth-order valence-corrected chi connectivity index (χ4v) is 3.12. The first kappa shape index (κ1) is 18.8. The van der Waals surface area contributed by atoms with Gasteiger partial charge in [-0.15, -0.1) is 0 Å². The number of hydrogen-bond donors (Lipinski definition) is 2. The van der Waals surface area contributed by atoms with Crippen LogP contribution < -0.4 is 16.2 Å². The lowest BCUT2D eigenvalue weighted by atomic mass is 10.3. The molecule has 8 heteroatoms. The van der Waals surface area contributed by atoms with E-state index in [4.69, 9.17) is 0 Å². The molecule has 0 bridgehead atoms. The van der Waals surface area contributed by atoms with Crippen LogP contribution in [0.1, 0.15) is 35.1 Å². The molecule has 4 heterocycles. The Morgan fingerprint density at radius 3 is 2.83 bits per heavy atom. The standard InChI is InChI=1S/C21H22N6O2/c1-2-8-22-11-15-6-7-18-24-16(14-26(18)13-15)12-23-21(29)17-10-20(28)27-9-4-3-5-19(27)25-17/h3-7,9-10,13-14,22H,2,8,11-12H2,1H3,(H,23,29). The van der Waals surface area contributed by atoms with Crippen LogP contribution in [0, 0.1) is 0 Å². The predicted molar refractivity (Wildman–Crippen MR) is 110 cm³/mol. The lowest BCUT2D eigenvalue weighted by molar-refractivity contribution is 0.0945. The number of nitrogens with one attached hydrogen (secondary N) is 2. The summed E-state index contributed by atoms with van der Waals surface area (Å²) in [6, 6.07) is 10.4. The zero-order valence-electron chi connectivity index (χ0n) is 16.1. The Balaban J connectivity index is 1.46. The Morgan fingerprint density at radius 1 is 1.07 bits per heavy atom. The molecule has 1 amide bonds. The van der Waals surface area contributed by atoms with Crippen molar-refractivity contribution in [2.75, 3.05) is 6.54 Å². The van der Waals surface area contributed by atoms with Crippen molar-refractivity contribution in [3.63, 3.8) is 0 Å². The van der Waals surface area contributed by atoms with E-state index in [1.165, 1.54) is 16.0 Å². The van der Waals surface area contributed by atoms with Crippen molar-refractivity contribution in [1.29, 1.82) is 0 Å². The SMILES string of the molecule is CCCNCc1ccc2nc(CNC(=O)c3cc(=O)n4ccccc4n3)cn2c1. The number of rotatable bonds is 7. The van der Waals surface area contributed by atoms with Crippen LogP contribution in [-0.2, 0) is 13.1 Å². The van der Waals surface area contributed by atoms with Crippen molar-refractivity contribution >= 4 is 17.2 Å². The molecule has 4 aromatic rings. The van der Waals surface area contributed by atoms with Crippen molar-refractivity contribution < 1.29 is 4.79 Å². The van der Waals surface area contributed by atoms with Gasteiger partial charge in [0, 0.05) is 31.2 Å². The van der Waals surface area contributed by atoms with Gasteiger partial charge in [0.15, 0.2) is 0 Å². The maximum atomic E-state index is 12.5. The van der Waals surface area contributed by atoms with Crippen LogP contribution in [-0.4, -0.2) is 31.2 Å². The summed E-state index contributed by atoms with van der Waals surface area (Å²) in [6.07, 6.45) is 6.63. The normalized spacial score (nSPS) is 11.2. The van der Waals surface area contributed by atoms with Gasteiger partial charge in [0.25, 0.3) is 11.5 Å². The molecule has 4 rings (SSSR count). The van der Waals surface area contributed by atoms with E-state index in [0.717, 1.165) is 30.9 Å². The fourth-order valence-electron chi connectivity index (χ4n) is 3.12. The third kappa shape index (κ3) is 4.17. The maximum Gasteiger partial charge on any atom is 0.270 e. The average Bonchev–Trinajstić information content (AvgIpc) is 3.14. The molecule has 148 valence electrons. The number of amides is 1. The number of nitrogens with zero attached hydrogens (tertiary/aromatic N) is 4. The average molecular weight is 390 g/mol. The van der Waals surface area contributed by atoms with Gasteiger partial charge in [-0.3, -0.25) is 14.0 Å². The smallest absolute Gasteiger partial charge is 0.270 e. The summed E-state index contributed by atoms with van der Waals surface area (Å²) >= 11 is 0. The molecule has 2 N–H and O–H groups in total. The first-order valence-electron chi connectivity index (χ1n) is 9.58. The molecule has 29 heavy (non-hydrogen) atoms. The van der Waals surface area contributed by atoms with E-state index in [9.17, 15) is 9.59 Å². The van der Waals surface area contributed by atoms with E-state index < -0.39 is 5.91 Å². The third-order valence-corrected chi connectivity index (χ3v) is 4.55. The van der Waals surface area contributed by atoms with Crippen LogP contribution in [0.15, 0.2) is 59.8 Å². The number of hydrogen-bond acceptors (Lipinski definition) is 5. The van der Waals surface area contributed by atoms with Gasteiger partial charge in [-0.2, -0.15) is 0 Å². The van der Waals surface area contributed by atoms with Gasteiger partial charge in [0.1, 0.15) is 17.0 Å². The second-order valence-electron chi connectivity index (χ2n) is 6.80. The van der Waals surface area contributed by atoms with Gasteiger partial charge >= 0.3 is 0 Å². The first-order chi connectivity index (χ1) is 14.1. The molecular weight excluding hydrogens is 368 g/mol. The maximum absolute atomic E-state index is 12.5. The quantitative estimate of drug-likeness (QED) is 0.469. The molecule has 0 aliphatic carbocycles. The van der Waals surface area contributed by atoms with Gasteiger partial charge in [-0.05, 0) is 36.7 Å². The number of carbonyl (C=O) groups excluding carboxylic acids is 1. The van der Waals surface area contributed by atoms with Gasteiger partial charge in [-0.1, -0.05) is 19.1 Å². The van der Waals surface area contributed by atoms with E-state index in [1.54, 1.807) is 24.4 Å². The summed E-state index contributed by atoms with van der Waals surface area (Å²) in [5.74, 6) is -0.407. The van der Waals surface area contributed by atoms with E-state index in [-0.39, 0.29) is 17.8 Å². The highest BCUT2D eigenvalue weighted by molar-refractivity contribution is 5.92. The summed E-state index contributed by atoms with van der Waals surface area (Å²) in [6.45, 7) is 4.17. The van der Waals surface area contributed by atoms with E-state index in [0.29, 0.717) is 5.65 Å². The number of fused-ring (bicyclic) bond motifs is 2. The monoisotopic (exact) mass is 390 g/mol. The molecule has 0 spiro atoms. The first-order valence-corrected chi connectivity index (χ1v) is 9.58. The second-order valence-corrected chi connectivity index (χ2v) is 6.80. The molecular formula is C21H22N6O2. The van der Waals surface area contributed by atoms with Crippen molar-refractivity contribution in [2.45, 2.75) is 26.4 Å². The Hall–Kier alpha value is -3.52. The van der Waals surface area contributed by atoms with Crippen LogP contribution in [0.4, 0.5) is 0 Å². The van der Waals surface area contributed by atoms with Crippen LogP contribution in [0.5, 0.6) is 0 Å². The topological polar surface area (TPSA) is 92.8 Å². The zero-order chi connectivity index (χ0) is 20.2. The summed E-state index contributed by atoms with van der Waals surface area (Å²) < 4.78 is 3.34. The molecule has 0 unspecified atom stereocenters. The lowest BCUT2D eigenvalue weighted by Gasteiger charge is -2.04. The Kier molecular flexibility index (Phi) is 5.35. The van der Waals surface area contributed by atoms with Crippen molar-refractivity contribution in [1.82, 2.24) is 29.4 Å². The summed E-state index contributed by atoms with van der Waals surface area (Å²) in [4.78, 5) is 33.4. The van der Waals surface area contributed by atoms with Crippen molar-refractivity contribution in [3.8, 4) is 0 Å². The van der Waals surface area contributed by atoms with Gasteiger partial charge in [0.2, 0.25) is 0 Å². The van der Waals surface area contributed by atoms with Crippen molar-refractivity contribution in [2.24, 2.45) is 0 Å². The summed E-state index contributed by atoms with van der Waals surface area (Å²) in [5, 5.41) is 6.16. The van der Waals surface area contributed by atoms with Gasteiger partial charge < -0.3 is 15.0 Å². The molecule has 0 saturated heterocycles. The highest BCUT2D eigenvalue weighted by Crippen LogP contribution is 2.08. The van der Waals surface area contributed by atoms with Crippen molar-refractivity contribution in [3.05, 3.63) is 82.3 Å². The Labute approximate surface area is 167 Å². The zero-order valence-corrected chi connectivity index (χ0v) is 16.1. The number of aromatic nitrogens is 4. The van der Waals surface area contributed by atoms with Crippen LogP contribution in [0.2, 0.25) is 0 Å². The van der Waals surface area contributed by atoms with Crippen LogP contribution in [0.25, 0.3) is 11.3 Å². The summed E-state index contributed by atoms with van der Waals surface area (Å²) in [5.41, 5.74) is 2.94. The second kappa shape index (κ2) is 8.24. The van der Waals surface area contributed by atoms with Gasteiger partial charge in [0.05, 0.1) is 12.2 Å². The minimum Gasteiger partial charge on any atom is -0.345 e. The molecule has 4 aromatic heterocycles.